The van der Waals surface area contributed by atoms with Gasteiger partial charge in [-0.3, -0.25) is 10.1 Å². The third-order valence-corrected chi connectivity index (χ3v) is 3.92. The molecule has 1 heterocycles. The number of amides is 3. The molecule has 0 radical (unpaired) electrons. The predicted octanol–water partition coefficient (Wildman–Crippen LogP) is 2.45. The van der Waals surface area contributed by atoms with Crippen LogP contribution in [-0.4, -0.2) is 35.6 Å². The van der Waals surface area contributed by atoms with Gasteiger partial charge in [-0.15, -0.1) is 0 Å². The lowest BCUT2D eigenvalue weighted by Gasteiger charge is -2.12. The topological polar surface area (TPSA) is 113 Å². The van der Waals surface area contributed by atoms with Crippen molar-refractivity contribution in [3.63, 3.8) is 0 Å². The molecule has 0 unspecified atom stereocenters. The average Bonchev–Trinajstić information content (AvgIpc) is 2.89. The predicted molar refractivity (Wildman–Crippen MR) is 105 cm³/mol. The highest BCUT2D eigenvalue weighted by molar-refractivity contribution is 6.00. The Bertz CT molecular complexity index is 800. The first-order valence-corrected chi connectivity index (χ1v) is 9.22. The number of carbonyl (C=O) groups is 3. The SMILES string of the molecule is CCCNC(=O)NC(=O)COC(=O)C(C#N)=Cc1cc(C)n(CC(C)C)c1C. The lowest BCUT2D eigenvalue weighted by Crippen LogP contribution is -2.41. The van der Waals surface area contributed by atoms with E-state index >= 15 is 0 Å². The first-order valence-electron chi connectivity index (χ1n) is 9.22. The van der Waals surface area contributed by atoms with Crippen LogP contribution in [0.15, 0.2) is 11.6 Å². The molecule has 0 fully saturated rings. The summed E-state index contributed by atoms with van der Waals surface area (Å²) in [6.45, 7) is 10.6. The van der Waals surface area contributed by atoms with Crippen molar-refractivity contribution in [2.45, 2.75) is 47.6 Å². The van der Waals surface area contributed by atoms with Crippen molar-refractivity contribution in [2.75, 3.05) is 13.2 Å². The summed E-state index contributed by atoms with van der Waals surface area (Å²) < 4.78 is 6.97. The van der Waals surface area contributed by atoms with E-state index in [-0.39, 0.29) is 5.57 Å². The Balaban J connectivity index is 2.78. The Morgan fingerprint density at radius 1 is 1.32 bits per heavy atom. The third-order valence-electron chi connectivity index (χ3n) is 3.92. The van der Waals surface area contributed by atoms with Crippen molar-refractivity contribution in [2.24, 2.45) is 5.92 Å². The number of imide groups is 1. The minimum Gasteiger partial charge on any atom is -0.451 e. The van der Waals surface area contributed by atoms with Gasteiger partial charge in [0.15, 0.2) is 6.61 Å². The molecule has 0 saturated carbocycles. The number of rotatable bonds is 8. The maximum Gasteiger partial charge on any atom is 0.349 e. The standard InChI is InChI=1S/C20H28N4O4/c1-6-7-22-20(27)23-18(25)12-28-19(26)17(10-21)9-16-8-14(4)24(15(16)5)11-13(2)3/h8-9,13H,6-7,11-12H2,1-5H3,(H2,22,23,25,27). The summed E-state index contributed by atoms with van der Waals surface area (Å²) in [4.78, 5) is 35.1. The lowest BCUT2D eigenvalue weighted by atomic mass is 10.1. The molecule has 0 aliphatic carbocycles. The maximum absolute atomic E-state index is 12.1. The molecule has 0 aliphatic heterocycles. The highest BCUT2D eigenvalue weighted by atomic mass is 16.5. The van der Waals surface area contributed by atoms with Crippen molar-refractivity contribution in [3.05, 3.63) is 28.6 Å². The maximum atomic E-state index is 12.1. The Kier molecular flexibility index (Phi) is 8.96. The molecule has 1 rings (SSSR count). The van der Waals surface area contributed by atoms with Crippen molar-refractivity contribution in [3.8, 4) is 6.07 Å². The first kappa shape index (κ1) is 23.0. The Labute approximate surface area is 165 Å². The van der Waals surface area contributed by atoms with E-state index in [0.717, 1.165) is 29.9 Å². The van der Waals surface area contributed by atoms with Crippen LogP contribution in [0.1, 0.15) is 44.1 Å². The van der Waals surface area contributed by atoms with E-state index < -0.39 is 24.5 Å². The summed E-state index contributed by atoms with van der Waals surface area (Å²) in [7, 11) is 0. The second-order valence-corrected chi connectivity index (χ2v) is 6.88. The molecule has 0 aliphatic rings. The molecule has 0 bridgehead atoms. The average molecular weight is 388 g/mol. The van der Waals surface area contributed by atoms with Crippen LogP contribution in [0.4, 0.5) is 4.79 Å². The van der Waals surface area contributed by atoms with E-state index in [1.165, 1.54) is 6.08 Å². The molecular formula is C20H28N4O4. The van der Waals surface area contributed by atoms with E-state index in [1.807, 2.05) is 32.2 Å². The monoisotopic (exact) mass is 388 g/mol. The molecule has 1 aromatic heterocycles. The third kappa shape index (κ3) is 6.91. The highest BCUT2D eigenvalue weighted by Gasteiger charge is 2.16. The van der Waals surface area contributed by atoms with Crippen LogP contribution in [0.3, 0.4) is 0 Å². The number of hydrogen-bond acceptors (Lipinski definition) is 5. The molecule has 0 atom stereocenters. The lowest BCUT2D eigenvalue weighted by molar-refractivity contribution is -0.144. The Morgan fingerprint density at radius 3 is 2.57 bits per heavy atom. The summed E-state index contributed by atoms with van der Waals surface area (Å²) in [5.41, 5.74) is 2.50. The fourth-order valence-corrected chi connectivity index (χ4v) is 2.57. The number of nitrogens with one attached hydrogen (secondary N) is 2. The van der Waals surface area contributed by atoms with Gasteiger partial charge < -0.3 is 14.6 Å². The minimum atomic E-state index is -0.916. The van der Waals surface area contributed by atoms with E-state index in [0.29, 0.717) is 12.5 Å². The number of carbonyl (C=O) groups excluding carboxylic acids is 3. The van der Waals surface area contributed by atoms with Gasteiger partial charge in [0.05, 0.1) is 0 Å². The highest BCUT2D eigenvalue weighted by Crippen LogP contribution is 2.20. The normalized spacial score (nSPS) is 11.1. The second kappa shape index (κ2) is 10.9. The van der Waals surface area contributed by atoms with E-state index in [4.69, 9.17) is 4.74 Å². The number of esters is 1. The van der Waals surface area contributed by atoms with Crippen LogP contribution >= 0.6 is 0 Å². The van der Waals surface area contributed by atoms with E-state index in [2.05, 4.69) is 23.7 Å². The largest absolute Gasteiger partial charge is 0.451 e. The summed E-state index contributed by atoms with van der Waals surface area (Å²) >= 11 is 0. The summed E-state index contributed by atoms with van der Waals surface area (Å²) in [5, 5.41) is 13.8. The van der Waals surface area contributed by atoms with Gasteiger partial charge in [0.1, 0.15) is 11.6 Å². The van der Waals surface area contributed by atoms with Gasteiger partial charge in [-0.05, 0) is 43.9 Å². The van der Waals surface area contributed by atoms with Crippen molar-refractivity contribution < 1.29 is 19.1 Å². The Morgan fingerprint density at radius 2 is 2.00 bits per heavy atom. The van der Waals surface area contributed by atoms with Crippen molar-refractivity contribution in [1.82, 2.24) is 15.2 Å². The van der Waals surface area contributed by atoms with Crippen LogP contribution in [0.25, 0.3) is 6.08 Å². The fourth-order valence-electron chi connectivity index (χ4n) is 2.57. The molecule has 0 saturated heterocycles. The van der Waals surface area contributed by atoms with Crippen LogP contribution in [0.2, 0.25) is 0 Å². The molecule has 152 valence electrons. The number of ether oxygens (including phenoxy) is 1. The molecule has 28 heavy (non-hydrogen) atoms. The molecular weight excluding hydrogens is 360 g/mol. The van der Waals surface area contributed by atoms with Gasteiger partial charge in [0.25, 0.3) is 5.91 Å². The number of nitrogens with zero attached hydrogens (tertiary/aromatic N) is 2. The zero-order chi connectivity index (χ0) is 21.3. The molecule has 0 aromatic carbocycles. The number of hydrogen-bond donors (Lipinski definition) is 2. The van der Waals surface area contributed by atoms with Gasteiger partial charge in [-0.1, -0.05) is 20.8 Å². The second-order valence-electron chi connectivity index (χ2n) is 6.88. The zero-order valence-corrected chi connectivity index (χ0v) is 17.1. The molecule has 8 heteroatoms. The Hall–Kier alpha value is -3.08. The number of urea groups is 1. The van der Waals surface area contributed by atoms with Gasteiger partial charge in [0, 0.05) is 24.5 Å². The number of aromatic nitrogens is 1. The minimum absolute atomic E-state index is 0.215. The molecule has 1 aromatic rings. The van der Waals surface area contributed by atoms with E-state index in [1.54, 1.807) is 6.07 Å². The van der Waals surface area contributed by atoms with Crippen LogP contribution in [0, 0.1) is 31.1 Å². The van der Waals surface area contributed by atoms with Gasteiger partial charge in [-0.25, -0.2) is 9.59 Å². The summed E-state index contributed by atoms with van der Waals surface area (Å²) in [5.74, 6) is -1.23. The number of nitriles is 1. The summed E-state index contributed by atoms with van der Waals surface area (Å²) in [6.07, 6.45) is 2.18. The van der Waals surface area contributed by atoms with Gasteiger partial charge >= 0.3 is 12.0 Å². The van der Waals surface area contributed by atoms with Crippen LogP contribution in [0.5, 0.6) is 0 Å². The molecule has 3 amide bonds. The first-order chi connectivity index (χ1) is 13.2. The molecule has 0 spiro atoms. The van der Waals surface area contributed by atoms with Crippen molar-refractivity contribution in [1.29, 1.82) is 5.26 Å². The fraction of sp³-hybridized carbons (Fsp3) is 0.500. The van der Waals surface area contributed by atoms with Crippen LogP contribution in [-0.2, 0) is 20.9 Å². The quantitative estimate of drug-likeness (QED) is 0.403. The summed E-state index contributed by atoms with van der Waals surface area (Å²) in [6, 6.07) is 3.05. The van der Waals surface area contributed by atoms with Gasteiger partial charge in [0.2, 0.25) is 0 Å². The van der Waals surface area contributed by atoms with E-state index in [9.17, 15) is 19.6 Å². The zero-order valence-electron chi connectivity index (χ0n) is 17.1. The number of aryl methyl sites for hydroxylation is 1. The van der Waals surface area contributed by atoms with Gasteiger partial charge in [-0.2, -0.15) is 5.26 Å². The molecule has 8 nitrogen and oxygen atoms in total. The van der Waals surface area contributed by atoms with Crippen molar-refractivity contribution >= 4 is 24.0 Å². The smallest absolute Gasteiger partial charge is 0.349 e. The molecule has 2 N–H and O–H groups in total. The van der Waals surface area contributed by atoms with Crippen LogP contribution < -0.4 is 10.6 Å².